The SMILES string of the molecule is CCCCC(C)CC=CC(C)CC(C)C=C1CC(C)C(C)CCC1C. The molecule has 25 heavy (non-hydrogen) atoms. The molecule has 6 atom stereocenters. The van der Waals surface area contributed by atoms with Crippen LogP contribution in [0.2, 0.25) is 0 Å². The fourth-order valence-electron chi connectivity index (χ4n) is 4.30. The van der Waals surface area contributed by atoms with Gasteiger partial charge in [0.2, 0.25) is 0 Å². The highest BCUT2D eigenvalue weighted by Crippen LogP contribution is 2.36. The average Bonchev–Trinajstić information content (AvgIpc) is 2.66. The summed E-state index contributed by atoms with van der Waals surface area (Å²) < 4.78 is 0. The number of hydrogen-bond donors (Lipinski definition) is 0. The highest BCUT2D eigenvalue weighted by atomic mass is 14.3. The van der Waals surface area contributed by atoms with Crippen LogP contribution in [0.1, 0.15) is 99.8 Å². The van der Waals surface area contributed by atoms with Crippen molar-refractivity contribution in [2.75, 3.05) is 0 Å². The summed E-state index contributed by atoms with van der Waals surface area (Å²) in [5.74, 6) is 4.78. The van der Waals surface area contributed by atoms with Crippen molar-refractivity contribution >= 4 is 0 Å². The first kappa shape index (κ1) is 22.5. The molecule has 0 heterocycles. The minimum atomic E-state index is 0.697. The van der Waals surface area contributed by atoms with Crippen LogP contribution in [0.25, 0.3) is 0 Å². The van der Waals surface area contributed by atoms with E-state index in [2.05, 4.69) is 66.7 Å². The Morgan fingerprint density at radius 1 is 1.00 bits per heavy atom. The Morgan fingerprint density at radius 3 is 2.40 bits per heavy atom. The molecular weight excluding hydrogens is 300 g/mol. The van der Waals surface area contributed by atoms with Gasteiger partial charge in [0.1, 0.15) is 0 Å². The molecule has 0 aromatic rings. The summed E-state index contributed by atoms with van der Waals surface area (Å²) in [7, 11) is 0. The average molecular weight is 347 g/mol. The predicted octanol–water partition coefficient (Wildman–Crippen LogP) is 8.44. The number of rotatable bonds is 9. The van der Waals surface area contributed by atoms with Crippen LogP contribution in [0, 0.1) is 35.5 Å². The second-order valence-electron chi connectivity index (χ2n) is 9.48. The van der Waals surface area contributed by atoms with E-state index in [1.54, 1.807) is 5.57 Å². The van der Waals surface area contributed by atoms with Gasteiger partial charge in [-0.05, 0) is 67.6 Å². The van der Waals surface area contributed by atoms with Gasteiger partial charge in [-0.15, -0.1) is 0 Å². The van der Waals surface area contributed by atoms with Gasteiger partial charge in [0.05, 0.1) is 0 Å². The quantitative estimate of drug-likeness (QED) is 0.290. The number of unbranched alkanes of at least 4 members (excludes halogenated alkanes) is 1. The lowest BCUT2D eigenvalue weighted by Gasteiger charge is -2.19. The van der Waals surface area contributed by atoms with Crippen LogP contribution in [0.3, 0.4) is 0 Å². The molecule has 146 valence electrons. The highest BCUT2D eigenvalue weighted by Gasteiger charge is 2.23. The minimum absolute atomic E-state index is 0.697. The van der Waals surface area contributed by atoms with Crippen molar-refractivity contribution in [3.05, 3.63) is 23.8 Å². The fraction of sp³-hybridized carbons (Fsp3) is 0.840. The summed E-state index contributed by atoms with van der Waals surface area (Å²) in [4.78, 5) is 0. The van der Waals surface area contributed by atoms with Crippen LogP contribution in [0.15, 0.2) is 23.8 Å². The van der Waals surface area contributed by atoms with Gasteiger partial charge in [-0.3, -0.25) is 0 Å². The normalized spacial score (nSPS) is 30.4. The topological polar surface area (TPSA) is 0 Å². The van der Waals surface area contributed by atoms with Gasteiger partial charge in [0, 0.05) is 0 Å². The van der Waals surface area contributed by atoms with Gasteiger partial charge in [-0.1, -0.05) is 91.5 Å². The van der Waals surface area contributed by atoms with E-state index in [-0.39, 0.29) is 0 Å². The summed E-state index contributed by atoms with van der Waals surface area (Å²) in [6.07, 6.45) is 18.3. The Labute approximate surface area is 159 Å². The monoisotopic (exact) mass is 346 g/mol. The van der Waals surface area contributed by atoms with Gasteiger partial charge in [-0.25, -0.2) is 0 Å². The van der Waals surface area contributed by atoms with Crippen LogP contribution >= 0.6 is 0 Å². The summed E-state index contributed by atoms with van der Waals surface area (Å²) in [6.45, 7) is 16.8. The molecule has 0 radical (unpaired) electrons. The van der Waals surface area contributed by atoms with Crippen molar-refractivity contribution in [3.63, 3.8) is 0 Å². The van der Waals surface area contributed by atoms with E-state index < -0.39 is 0 Å². The molecule has 0 saturated heterocycles. The lowest BCUT2D eigenvalue weighted by molar-refractivity contribution is 0.374. The van der Waals surface area contributed by atoms with E-state index in [1.807, 2.05) is 0 Å². The summed E-state index contributed by atoms with van der Waals surface area (Å²) in [5.41, 5.74) is 1.74. The third-order valence-electron chi connectivity index (χ3n) is 6.51. The van der Waals surface area contributed by atoms with Crippen molar-refractivity contribution < 1.29 is 0 Å². The van der Waals surface area contributed by atoms with E-state index >= 15 is 0 Å². The molecule has 1 fully saturated rings. The standard InChI is InChI=1S/C25H46/c1-8-9-11-19(2)12-10-13-20(3)16-21(4)17-25-18-24(7)22(5)14-15-23(25)6/h10,13,17,19-24H,8-9,11-12,14-16,18H2,1-7H3. The Balaban J connectivity index is 2.46. The van der Waals surface area contributed by atoms with E-state index in [9.17, 15) is 0 Å². The molecule has 6 unspecified atom stereocenters. The fourth-order valence-corrected chi connectivity index (χ4v) is 4.30. The first-order valence-corrected chi connectivity index (χ1v) is 11.2. The highest BCUT2D eigenvalue weighted by molar-refractivity contribution is 5.10. The Bertz CT molecular complexity index is 402. The Hall–Kier alpha value is -0.520. The summed E-state index contributed by atoms with van der Waals surface area (Å²) in [5, 5.41) is 0. The maximum absolute atomic E-state index is 2.63. The second-order valence-corrected chi connectivity index (χ2v) is 9.48. The first-order valence-electron chi connectivity index (χ1n) is 11.2. The van der Waals surface area contributed by atoms with E-state index in [4.69, 9.17) is 0 Å². The van der Waals surface area contributed by atoms with Gasteiger partial charge < -0.3 is 0 Å². The molecule has 0 aromatic heterocycles. The van der Waals surface area contributed by atoms with Gasteiger partial charge >= 0.3 is 0 Å². The molecule has 1 saturated carbocycles. The Kier molecular flexibility index (Phi) is 10.8. The minimum Gasteiger partial charge on any atom is -0.0880 e. The smallest absolute Gasteiger partial charge is 0.0231 e. The van der Waals surface area contributed by atoms with Gasteiger partial charge in [0.15, 0.2) is 0 Å². The zero-order valence-electron chi connectivity index (χ0n) is 18.4. The van der Waals surface area contributed by atoms with Crippen molar-refractivity contribution in [3.8, 4) is 0 Å². The third kappa shape index (κ3) is 9.11. The summed E-state index contributed by atoms with van der Waals surface area (Å²) >= 11 is 0. The Morgan fingerprint density at radius 2 is 1.72 bits per heavy atom. The van der Waals surface area contributed by atoms with E-state index in [0.29, 0.717) is 11.8 Å². The molecule has 1 aliphatic rings. The van der Waals surface area contributed by atoms with E-state index in [1.165, 1.54) is 51.4 Å². The van der Waals surface area contributed by atoms with Crippen LogP contribution in [0.4, 0.5) is 0 Å². The molecule has 1 aliphatic carbocycles. The van der Waals surface area contributed by atoms with E-state index in [0.717, 1.165) is 23.7 Å². The van der Waals surface area contributed by atoms with Crippen LogP contribution < -0.4 is 0 Å². The predicted molar refractivity (Wildman–Crippen MR) is 115 cm³/mol. The van der Waals surface area contributed by atoms with Gasteiger partial charge in [0.25, 0.3) is 0 Å². The van der Waals surface area contributed by atoms with Crippen LogP contribution in [0.5, 0.6) is 0 Å². The summed E-state index contributed by atoms with van der Waals surface area (Å²) in [6, 6.07) is 0. The van der Waals surface area contributed by atoms with Crippen molar-refractivity contribution in [1.29, 1.82) is 0 Å². The maximum Gasteiger partial charge on any atom is -0.0231 e. The van der Waals surface area contributed by atoms with Crippen LogP contribution in [-0.4, -0.2) is 0 Å². The van der Waals surface area contributed by atoms with Crippen molar-refractivity contribution in [2.45, 2.75) is 99.8 Å². The van der Waals surface area contributed by atoms with Crippen LogP contribution in [-0.2, 0) is 0 Å². The lowest BCUT2D eigenvalue weighted by atomic mass is 9.87. The van der Waals surface area contributed by atoms with Crippen molar-refractivity contribution in [1.82, 2.24) is 0 Å². The maximum atomic E-state index is 2.63. The molecule has 0 spiro atoms. The van der Waals surface area contributed by atoms with Crippen molar-refractivity contribution in [2.24, 2.45) is 35.5 Å². The molecule has 0 heteroatoms. The van der Waals surface area contributed by atoms with Gasteiger partial charge in [-0.2, -0.15) is 0 Å². The molecule has 0 nitrogen and oxygen atoms in total. The molecule has 1 rings (SSSR count). The zero-order valence-corrected chi connectivity index (χ0v) is 18.4. The number of allylic oxidation sites excluding steroid dienone is 4. The largest absolute Gasteiger partial charge is 0.0880 e. The molecular formula is C25H46. The number of hydrogen-bond acceptors (Lipinski definition) is 0. The first-order chi connectivity index (χ1) is 11.8. The zero-order chi connectivity index (χ0) is 18.8. The second kappa shape index (κ2) is 12.0. The molecule has 0 N–H and O–H groups in total. The lowest BCUT2D eigenvalue weighted by Crippen LogP contribution is -2.07. The third-order valence-corrected chi connectivity index (χ3v) is 6.51. The molecule has 0 aliphatic heterocycles. The molecule has 0 aromatic carbocycles. The molecule has 0 bridgehead atoms. The molecule has 0 amide bonds.